The maximum absolute atomic E-state index is 12.6. The number of benzene rings is 4. The largest absolute Gasteiger partial charge is 0.507 e. The number of halogens is 1. The summed E-state index contributed by atoms with van der Waals surface area (Å²) in [7, 11) is 0. The number of nitrogens with one attached hydrogen (secondary N) is 1. The molecule has 9 heteroatoms. The Kier molecular flexibility index (Phi) is 5.41. The molecular formula is C22H15ClN4O3S. The highest BCUT2D eigenvalue weighted by molar-refractivity contribution is 7.80. The number of hydrogen-bond acceptors (Lipinski definition) is 5. The van der Waals surface area contributed by atoms with E-state index in [2.05, 4.69) is 15.5 Å². The van der Waals surface area contributed by atoms with Gasteiger partial charge in [-0.1, -0.05) is 35.9 Å². The third-order valence-corrected chi connectivity index (χ3v) is 5.17. The van der Waals surface area contributed by atoms with Crippen molar-refractivity contribution >= 4 is 67.8 Å². The smallest absolute Gasteiger partial charge is 0.297 e. The molecule has 31 heavy (non-hydrogen) atoms. The van der Waals surface area contributed by atoms with Gasteiger partial charge in [0.15, 0.2) is 0 Å². The van der Waals surface area contributed by atoms with Crippen LogP contribution in [0.3, 0.4) is 0 Å². The number of thiocarbonyl (C=S) groups is 1. The van der Waals surface area contributed by atoms with Crippen LogP contribution in [0.25, 0.3) is 21.5 Å². The Morgan fingerprint density at radius 2 is 1.55 bits per heavy atom. The number of nitrogens with two attached hydrogens (primary N) is 1. The molecule has 154 valence electrons. The first-order valence-electron chi connectivity index (χ1n) is 9.04. The van der Waals surface area contributed by atoms with Crippen LogP contribution in [0.1, 0.15) is 10.4 Å². The Labute approximate surface area is 186 Å². The summed E-state index contributed by atoms with van der Waals surface area (Å²) in [6.07, 6.45) is 0. The van der Waals surface area contributed by atoms with Crippen LogP contribution in [0, 0.1) is 0 Å². The molecule has 0 saturated carbocycles. The molecule has 7 nitrogen and oxygen atoms in total. The second-order valence-corrected chi connectivity index (χ2v) is 7.46. The van der Waals surface area contributed by atoms with Crippen LogP contribution in [0.15, 0.2) is 70.9 Å². The van der Waals surface area contributed by atoms with Crippen molar-refractivity contribution in [3.8, 4) is 11.5 Å². The highest BCUT2D eigenvalue weighted by atomic mass is 35.5. The minimum Gasteiger partial charge on any atom is -0.507 e. The van der Waals surface area contributed by atoms with Gasteiger partial charge in [-0.05, 0) is 48.6 Å². The van der Waals surface area contributed by atoms with E-state index < -0.39 is 5.91 Å². The van der Waals surface area contributed by atoms with Crippen molar-refractivity contribution in [1.82, 2.24) is 0 Å². The molecule has 5 N–H and O–H groups in total. The Hall–Kier alpha value is -3.75. The molecular weight excluding hydrogens is 436 g/mol. The quantitative estimate of drug-likeness (QED) is 0.103. The summed E-state index contributed by atoms with van der Waals surface area (Å²) in [6, 6.07) is 16.5. The molecule has 0 saturated heterocycles. The number of carbonyl (C=O) groups is 1. The van der Waals surface area contributed by atoms with E-state index in [-0.39, 0.29) is 33.2 Å². The van der Waals surface area contributed by atoms with Gasteiger partial charge in [0.2, 0.25) is 5.11 Å². The van der Waals surface area contributed by atoms with Gasteiger partial charge >= 0.3 is 0 Å². The zero-order chi connectivity index (χ0) is 22.1. The molecule has 0 aliphatic rings. The highest BCUT2D eigenvalue weighted by Gasteiger charge is 2.19. The number of phenolic OH excluding ortho intramolecular Hbond substituents is 2. The van der Waals surface area contributed by atoms with Crippen LogP contribution < -0.4 is 11.1 Å². The Morgan fingerprint density at radius 1 is 0.903 bits per heavy atom. The molecule has 4 aromatic carbocycles. The average Bonchev–Trinajstić information content (AvgIpc) is 2.77. The maximum Gasteiger partial charge on any atom is 0.297 e. The molecule has 0 fully saturated rings. The van der Waals surface area contributed by atoms with Crippen molar-refractivity contribution in [3.05, 3.63) is 71.2 Å². The number of rotatable bonds is 2. The van der Waals surface area contributed by atoms with Crippen LogP contribution >= 0.6 is 23.8 Å². The van der Waals surface area contributed by atoms with Crippen LogP contribution in [-0.2, 0) is 0 Å². The topological polar surface area (TPSA) is 120 Å². The summed E-state index contributed by atoms with van der Waals surface area (Å²) >= 11 is 10.9. The molecule has 0 heterocycles. The van der Waals surface area contributed by atoms with Gasteiger partial charge in [-0.15, -0.1) is 10.2 Å². The first-order chi connectivity index (χ1) is 14.9. The number of aromatic hydroxyl groups is 2. The molecule has 0 spiro atoms. The zero-order valence-corrected chi connectivity index (χ0v) is 17.4. The molecule has 0 bridgehead atoms. The van der Waals surface area contributed by atoms with E-state index in [1.165, 1.54) is 12.1 Å². The van der Waals surface area contributed by atoms with Crippen LogP contribution in [0.4, 0.5) is 11.4 Å². The van der Waals surface area contributed by atoms with Gasteiger partial charge in [0.25, 0.3) is 5.91 Å². The van der Waals surface area contributed by atoms with Crippen LogP contribution in [0.5, 0.6) is 11.5 Å². The summed E-state index contributed by atoms with van der Waals surface area (Å²) in [5.74, 6) is -0.914. The minimum atomic E-state index is -0.744. The van der Waals surface area contributed by atoms with E-state index in [0.717, 1.165) is 0 Å². The van der Waals surface area contributed by atoms with Crippen molar-refractivity contribution in [2.45, 2.75) is 0 Å². The van der Waals surface area contributed by atoms with Crippen molar-refractivity contribution in [2.24, 2.45) is 10.2 Å². The second kappa shape index (κ2) is 8.17. The number of amides is 1. The number of hydrogen-bond donors (Lipinski definition) is 4. The van der Waals surface area contributed by atoms with Gasteiger partial charge in [-0.2, -0.15) is 0 Å². The number of phenols is 2. The number of nitrogens with zero attached hydrogens (tertiary/aromatic N) is 2. The van der Waals surface area contributed by atoms with Gasteiger partial charge in [0.1, 0.15) is 11.5 Å². The fourth-order valence-corrected chi connectivity index (χ4v) is 3.55. The third kappa shape index (κ3) is 3.86. The average molecular weight is 451 g/mol. The molecule has 0 atom stereocenters. The molecule has 0 unspecified atom stereocenters. The number of nitrogen functional groups attached to an aromatic ring is 1. The Morgan fingerprint density at radius 3 is 2.23 bits per heavy atom. The van der Waals surface area contributed by atoms with E-state index in [1.54, 1.807) is 48.5 Å². The summed E-state index contributed by atoms with van der Waals surface area (Å²) in [4.78, 5) is 12.6. The number of anilines is 2. The van der Waals surface area contributed by atoms with E-state index in [0.29, 0.717) is 26.9 Å². The zero-order valence-electron chi connectivity index (χ0n) is 15.8. The van der Waals surface area contributed by atoms with Gasteiger partial charge in [-0.3, -0.25) is 4.79 Å². The monoisotopic (exact) mass is 450 g/mol. The number of azo groups is 1. The standard InChI is InChI=1S/C22H15ClN4O3S/c23-11-5-7-12(8-6-11)25-22(31)27-26-21(30)16-10-9-15-17(18(16)24)20(29)14-4-2-1-3-13(14)19(15)28/h1-10,28-29H,24H2,(H,25,31). The van der Waals surface area contributed by atoms with E-state index >= 15 is 0 Å². The first kappa shape index (κ1) is 20.5. The fraction of sp³-hybridized carbons (Fsp3) is 0. The summed E-state index contributed by atoms with van der Waals surface area (Å²) in [5, 5.41) is 33.4. The molecule has 0 radical (unpaired) electrons. The number of carbonyl (C=O) groups excluding carboxylic acids is 1. The molecule has 4 rings (SSSR count). The van der Waals surface area contributed by atoms with Gasteiger partial charge < -0.3 is 21.3 Å². The van der Waals surface area contributed by atoms with Crippen LogP contribution in [0.2, 0.25) is 5.02 Å². The lowest BCUT2D eigenvalue weighted by Gasteiger charge is -2.13. The second-order valence-electron chi connectivity index (χ2n) is 6.63. The van der Waals surface area contributed by atoms with E-state index in [4.69, 9.17) is 29.6 Å². The van der Waals surface area contributed by atoms with Gasteiger partial charge in [-0.25, -0.2) is 0 Å². The van der Waals surface area contributed by atoms with Gasteiger partial charge in [0.05, 0.1) is 16.6 Å². The predicted molar refractivity (Wildman–Crippen MR) is 126 cm³/mol. The predicted octanol–water partition coefficient (Wildman–Crippen LogP) is 5.63. The lowest BCUT2D eigenvalue weighted by molar-refractivity contribution is 0.0996. The third-order valence-electron chi connectivity index (χ3n) is 4.73. The van der Waals surface area contributed by atoms with E-state index in [1.807, 2.05) is 0 Å². The molecule has 0 aromatic heterocycles. The summed E-state index contributed by atoms with van der Waals surface area (Å²) in [5.41, 5.74) is 6.81. The summed E-state index contributed by atoms with van der Waals surface area (Å²) in [6.45, 7) is 0. The molecule has 0 aliphatic heterocycles. The normalized spacial score (nSPS) is 11.3. The lowest BCUT2D eigenvalue weighted by atomic mass is 9.97. The minimum absolute atomic E-state index is 0.0171. The van der Waals surface area contributed by atoms with Crippen molar-refractivity contribution in [2.75, 3.05) is 11.1 Å². The molecule has 4 aromatic rings. The Bertz CT molecular complexity index is 1390. The van der Waals surface area contributed by atoms with Gasteiger partial charge in [0, 0.05) is 26.9 Å². The van der Waals surface area contributed by atoms with E-state index in [9.17, 15) is 15.0 Å². The highest BCUT2D eigenvalue weighted by Crippen LogP contribution is 2.44. The number of fused-ring (bicyclic) bond motifs is 2. The van der Waals surface area contributed by atoms with Crippen molar-refractivity contribution < 1.29 is 15.0 Å². The lowest BCUT2D eigenvalue weighted by Crippen LogP contribution is -2.07. The Balaban J connectivity index is 1.67. The molecule has 1 amide bonds. The summed E-state index contributed by atoms with van der Waals surface area (Å²) < 4.78 is 0. The van der Waals surface area contributed by atoms with Crippen molar-refractivity contribution in [3.63, 3.8) is 0 Å². The first-order valence-corrected chi connectivity index (χ1v) is 9.83. The fourth-order valence-electron chi connectivity index (χ4n) is 3.26. The maximum atomic E-state index is 12.6. The SMILES string of the molecule is Nc1c(C(=O)N=NC(=S)Nc2ccc(Cl)cc2)ccc2c(O)c3ccccc3c(O)c12. The van der Waals surface area contributed by atoms with Crippen LogP contribution in [-0.4, -0.2) is 21.2 Å². The van der Waals surface area contributed by atoms with Crippen molar-refractivity contribution in [1.29, 1.82) is 0 Å². The molecule has 0 aliphatic carbocycles.